The first-order chi connectivity index (χ1) is 9.52. The number of carboxylic acids is 1. The summed E-state index contributed by atoms with van der Waals surface area (Å²) in [6.45, 7) is 0.485. The number of amides is 2. The predicted molar refractivity (Wildman–Crippen MR) is 71.5 cm³/mol. The average Bonchev–Trinajstić information content (AvgIpc) is 2.46. The summed E-state index contributed by atoms with van der Waals surface area (Å²) in [6.07, 6.45) is 6.68. The maximum absolute atomic E-state index is 12.6. The van der Waals surface area contributed by atoms with Gasteiger partial charge in [-0.3, -0.25) is 14.4 Å². The van der Waals surface area contributed by atoms with E-state index in [9.17, 15) is 19.5 Å². The van der Waals surface area contributed by atoms with Gasteiger partial charge in [0.05, 0.1) is 11.8 Å². The van der Waals surface area contributed by atoms with Crippen LogP contribution in [0.3, 0.4) is 0 Å². The first kappa shape index (κ1) is 14.6. The fourth-order valence-electron chi connectivity index (χ4n) is 3.06. The minimum Gasteiger partial charge on any atom is -0.481 e. The van der Waals surface area contributed by atoms with Gasteiger partial charge >= 0.3 is 5.97 Å². The molecule has 2 amide bonds. The van der Waals surface area contributed by atoms with E-state index in [0.29, 0.717) is 25.8 Å². The Hall–Kier alpha value is -1.85. The number of primary amides is 1. The minimum atomic E-state index is -0.958. The van der Waals surface area contributed by atoms with Crippen LogP contribution in [-0.4, -0.2) is 40.4 Å². The molecule has 6 nitrogen and oxygen atoms in total. The predicted octanol–water partition coefficient (Wildman–Crippen LogP) is 0.520. The van der Waals surface area contributed by atoms with Crippen LogP contribution in [0.15, 0.2) is 12.2 Å². The van der Waals surface area contributed by atoms with Gasteiger partial charge in [-0.25, -0.2) is 0 Å². The fraction of sp³-hybridized carbons (Fsp3) is 0.643. The number of aliphatic carboxylic acids is 1. The number of allylic oxidation sites excluding steroid dienone is 2. The van der Waals surface area contributed by atoms with Crippen molar-refractivity contribution in [3.8, 4) is 0 Å². The Morgan fingerprint density at radius 2 is 1.75 bits per heavy atom. The van der Waals surface area contributed by atoms with Crippen LogP contribution in [0, 0.1) is 11.8 Å². The Kier molecular flexibility index (Phi) is 4.42. The zero-order chi connectivity index (χ0) is 14.7. The van der Waals surface area contributed by atoms with Crippen molar-refractivity contribution in [1.29, 1.82) is 0 Å². The van der Waals surface area contributed by atoms with E-state index in [2.05, 4.69) is 0 Å². The van der Waals surface area contributed by atoms with E-state index in [1.165, 1.54) is 4.90 Å². The second-order valence-electron chi connectivity index (χ2n) is 5.44. The van der Waals surface area contributed by atoms with Gasteiger partial charge in [0.15, 0.2) is 0 Å². The topological polar surface area (TPSA) is 101 Å². The number of carbonyl (C=O) groups is 3. The van der Waals surface area contributed by atoms with Gasteiger partial charge in [0.2, 0.25) is 11.8 Å². The van der Waals surface area contributed by atoms with Gasteiger partial charge in [-0.1, -0.05) is 12.2 Å². The number of carboxylic acid groups (broad SMARTS) is 1. The number of piperidine rings is 1. The zero-order valence-electron chi connectivity index (χ0n) is 11.3. The Balaban J connectivity index is 2.17. The summed E-state index contributed by atoms with van der Waals surface area (Å²) in [5.41, 5.74) is 5.36. The second kappa shape index (κ2) is 6.07. The summed E-state index contributed by atoms with van der Waals surface area (Å²) >= 11 is 0. The van der Waals surface area contributed by atoms with E-state index < -0.39 is 29.8 Å². The minimum absolute atomic E-state index is 0.245. The Labute approximate surface area is 117 Å². The highest BCUT2D eigenvalue weighted by Crippen LogP contribution is 2.30. The van der Waals surface area contributed by atoms with E-state index in [0.717, 1.165) is 12.8 Å². The standard InChI is InChI=1S/C14H20N2O4/c15-12(17)11-7-3-4-8-16(11)13(18)9-5-1-2-6-10(9)14(19)20/h1-2,9-11H,3-8H2,(H2,15,17)(H,19,20)/t9-,10+,11?/m1/s1. The first-order valence-electron chi connectivity index (χ1n) is 7.00. The fourth-order valence-corrected chi connectivity index (χ4v) is 3.06. The molecule has 0 bridgehead atoms. The number of hydrogen-bond acceptors (Lipinski definition) is 3. The van der Waals surface area contributed by atoms with Crippen LogP contribution < -0.4 is 5.73 Å². The molecular weight excluding hydrogens is 260 g/mol. The van der Waals surface area contributed by atoms with Gasteiger partial charge in [0, 0.05) is 6.54 Å². The molecule has 1 unspecified atom stereocenters. The third kappa shape index (κ3) is 2.84. The molecule has 20 heavy (non-hydrogen) atoms. The lowest BCUT2D eigenvalue weighted by Gasteiger charge is -2.37. The number of nitrogens with zero attached hydrogens (tertiary/aromatic N) is 1. The average molecular weight is 280 g/mol. The van der Waals surface area contributed by atoms with Crippen molar-refractivity contribution in [1.82, 2.24) is 4.90 Å². The van der Waals surface area contributed by atoms with E-state index in [4.69, 9.17) is 5.73 Å². The van der Waals surface area contributed by atoms with Crippen LogP contribution in [-0.2, 0) is 14.4 Å². The molecule has 1 saturated heterocycles. The molecule has 1 fully saturated rings. The van der Waals surface area contributed by atoms with Crippen LogP contribution in [0.4, 0.5) is 0 Å². The lowest BCUT2D eigenvalue weighted by Crippen LogP contribution is -2.53. The summed E-state index contributed by atoms with van der Waals surface area (Å²) in [6, 6.07) is -0.586. The highest BCUT2D eigenvalue weighted by atomic mass is 16.4. The Bertz CT molecular complexity index is 446. The zero-order valence-corrected chi connectivity index (χ0v) is 11.3. The quantitative estimate of drug-likeness (QED) is 0.736. The summed E-state index contributed by atoms with van der Waals surface area (Å²) in [5, 5.41) is 9.23. The third-order valence-corrected chi connectivity index (χ3v) is 4.18. The maximum Gasteiger partial charge on any atom is 0.307 e. The third-order valence-electron chi connectivity index (χ3n) is 4.18. The number of nitrogens with two attached hydrogens (primary N) is 1. The van der Waals surface area contributed by atoms with Crippen LogP contribution in [0.5, 0.6) is 0 Å². The van der Waals surface area contributed by atoms with Crippen molar-refractivity contribution < 1.29 is 19.5 Å². The van der Waals surface area contributed by atoms with E-state index >= 15 is 0 Å². The number of rotatable bonds is 3. The molecule has 1 aliphatic heterocycles. The van der Waals surface area contributed by atoms with E-state index in [1.54, 1.807) is 6.08 Å². The van der Waals surface area contributed by atoms with Gasteiger partial charge in [0.1, 0.15) is 6.04 Å². The lowest BCUT2D eigenvalue weighted by atomic mass is 9.81. The van der Waals surface area contributed by atoms with Crippen molar-refractivity contribution in [3.63, 3.8) is 0 Å². The van der Waals surface area contributed by atoms with Crippen LogP contribution in [0.2, 0.25) is 0 Å². The van der Waals surface area contributed by atoms with Gasteiger partial charge in [-0.15, -0.1) is 0 Å². The largest absolute Gasteiger partial charge is 0.481 e. The molecule has 6 heteroatoms. The molecule has 110 valence electrons. The molecule has 0 aromatic heterocycles. The van der Waals surface area contributed by atoms with Gasteiger partial charge < -0.3 is 15.7 Å². The summed E-state index contributed by atoms with van der Waals surface area (Å²) in [4.78, 5) is 36.8. The molecule has 3 atom stereocenters. The first-order valence-corrected chi connectivity index (χ1v) is 7.00. The van der Waals surface area contributed by atoms with Crippen molar-refractivity contribution in [2.24, 2.45) is 17.6 Å². The molecule has 3 N–H and O–H groups in total. The normalized spacial score (nSPS) is 30.0. The van der Waals surface area contributed by atoms with Gasteiger partial charge in [-0.05, 0) is 32.1 Å². The summed E-state index contributed by atoms with van der Waals surface area (Å²) < 4.78 is 0. The maximum atomic E-state index is 12.6. The molecule has 0 aromatic rings. The van der Waals surface area contributed by atoms with Crippen molar-refractivity contribution in [2.75, 3.05) is 6.54 Å². The molecular formula is C14H20N2O4. The van der Waals surface area contributed by atoms with Gasteiger partial charge in [0.25, 0.3) is 0 Å². The number of likely N-dealkylation sites (tertiary alicyclic amines) is 1. The summed E-state index contributed by atoms with van der Waals surface area (Å²) in [5.74, 6) is -3.00. The highest BCUT2D eigenvalue weighted by molar-refractivity contribution is 5.90. The molecule has 2 rings (SSSR count). The monoisotopic (exact) mass is 280 g/mol. The molecule has 2 aliphatic rings. The van der Waals surface area contributed by atoms with Crippen LogP contribution in [0.25, 0.3) is 0 Å². The smallest absolute Gasteiger partial charge is 0.307 e. The summed E-state index contributed by atoms with van der Waals surface area (Å²) in [7, 11) is 0. The Morgan fingerprint density at radius 1 is 1.10 bits per heavy atom. The second-order valence-corrected chi connectivity index (χ2v) is 5.44. The van der Waals surface area contributed by atoms with Crippen LogP contribution in [0.1, 0.15) is 32.1 Å². The lowest BCUT2D eigenvalue weighted by molar-refractivity contribution is -0.153. The van der Waals surface area contributed by atoms with Crippen molar-refractivity contribution in [2.45, 2.75) is 38.1 Å². The highest BCUT2D eigenvalue weighted by Gasteiger charge is 2.40. The van der Waals surface area contributed by atoms with Crippen molar-refractivity contribution >= 4 is 17.8 Å². The van der Waals surface area contributed by atoms with Crippen LogP contribution >= 0.6 is 0 Å². The molecule has 0 radical (unpaired) electrons. The number of carbonyl (C=O) groups excluding carboxylic acids is 2. The number of hydrogen-bond donors (Lipinski definition) is 2. The van der Waals surface area contributed by atoms with Gasteiger partial charge in [-0.2, -0.15) is 0 Å². The molecule has 0 saturated carbocycles. The SMILES string of the molecule is NC(=O)C1CCCCN1C(=O)[C@@H]1CC=CC[C@@H]1C(=O)O. The molecule has 0 aromatic carbocycles. The van der Waals surface area contributed by atoms with E-state index in [-0.39, 0.29) is 5.91 Å². The van der Waals surface area contributed by atoms with E-state index in [1.807, 2.05) is 6.08 Å². The molecule has 1 aliphatic carbocycles. The van der Waals surface area contributed by atoms with Crippen molar-refractivity contribution in [3.05, 3.63) is 12.2 Å². The molecule has 1 heterocycles. The molecule has 0 spiro atoms. The Morgan fingerprint density at radius 3 is 2.35 bits per heavy atom.